The summed E-state index contributed by atoms with van der Waals surface area (Å²) in [6.45, 7) is 3.84. The first-order chi connectivity index (χ1) is 9.28. The Morgan fingerprint density at radius 2 is 2.05 bits per heavy atom. The largest absolute Gasteiger partial charge is 0.338 e. The number of nitrogens with one attached hydrogen (secondary N) is 1. The molecule has 19 heavy (non-hydrogen) atoms. The van der Waals surface area contributed by atoms with E-state index in [9.17, 15) is 0 Å². The Kier molecular flexibility index (Phi) is 3.84. The number of hydrogen-bond donors (Lipinski definition) is 1. The highest BCUT2D eigenvalue weighted by Crippen LogP contribution is 2.41. The summed E-state index contributed by atoms with van der Waals surface area (Å²) in [5, 5.41) is 7.50. The summed E-state index contributed by atoms with van der Waals surface area (Å²) in [6, 6.07) is 1.45. The van der Waals surface area contributed by atoms with Crippen LogP contribution in [-0.4, -0.2) is 40.7 Å². The average Bonchev–Trinajstić information content (AvgIpc) is 2.93. The van der Waals surface area contributed by atoms with Gasteiger partial charge in [-0.1, -0.05) is 12.1 Å². The molecule has 1 aromatic rings. The highest BCUT2D eigenvalue weighted by Gasteiger charge is 2.40. The summed E-state index contributed by atoms with van der Waals surface area (Å²) in [6.07, 6.45) is 6.17. The Labute approximate surface area is 114 Å². The Morgan fingerprint density at radius 1 is 1.32 bits per heavy atom. The van der Waals surface area contributed by atoms with Crippen LogP contribution in [0, 0.1) is 0 Å². The molecule has 2 fully saturated rings. The van der Waals surface area contributed by atoms with E-state index in [2.05, 4.69) is 34.3 Å². The summed E-state index contributed by atoms with van der Waals surface area (Å²) in [5.74, 6) is 2.16. The van der Waals surface area contributed by atoms with E-state index in [0.29, 0.717) is 12.5 Å². The Morgan fingerprint density at radius 3 is 2.74 bits per heavy atom. The van der Waals surface area contributed by atoms with Crippen LogP contribution < -0.4 is 5.32 Å². The van der Waals surface area contributed by atoms with Gasteiger partial charge in [0.1, 0.15) is 0 Å². The lowest BCUT2D eigenvalue weighted by Gasteiger charge is -2.34. The minimum Gasteiger partial charge on any atom is -0.338 e. The smallest absolute Gasteiger partial charge is 0.240 e. The normalized spacial score (nSPS) is 30.9. The fourth-order valence-electron chi connectivity index (χ4n) is 3.50. The third kappa shape index (κ3) is 2.67. The maximum absolute atomic E-state index is 5.34. The van der Waals surface area contributed by atoms with Gasteiger partial charge in [-0.05, 0) is 45.7 Å². The molecule has 2 bridgehead atoms. The minimum atomic E-state index is 0.498. The van der Waals surface area contributed by atoms with Crippen molar-refractivity contribution in [2.24, 2.45) is 0 Å². The number of rotatable bonds is 5. The molecule has 0 spiro atoms. The molecule has 2 saturated heterocycles. The van der Waals surface area contributed by atoms with Crippen molar-refractivity contribution in [3.8, 4) is 0 Å². The van der Waals surface area contributed by atoms with Gasteiger partial charge in [-0.3, -0.25) is 0 Å². The SMILES string of the molecule is CCCNCc1nc(C2CC3CCC(C2)N3C)no1. The molecule has 5 heteroatoms. The third-order valence-electron chi connectivity index (χ3n) is 4.65. The molecule has 0 saturated carbocycles. The van der Waals surface area contributed by atoms with Gasteiger partial charge in [0, 0.05) is 18.0 Å². The van der Waals surface area contributed by atoms with Gasteiger partial charge in [-0.25, -0.2) is 0 Å². The molecule has 0 aliphatic carbocycles. The molecule has 2 aliphatic heterocycles. The predicted octanol–water partition coefficient (Wildman–Crippen LogP) is 1.91. The van der Waals surface area contributed by atoms with Crippen molar-refractivity contribution >= 4 is 0 Å². The van der Waals surface area contributed by atoms with Crippen molar-refractivity contribution in [3.63, 3.8) is 0 Å². The Bertz CT molecular complexity index is 405. The molecule has 2 atom stereocenters. The summed E-state index contributed by atoms with van der Waals surface area (Å²) in [4.78, 5) is 7.11. The number of aromatic nitrogens is 2. The summed E-state index contributed by atoms with van der Waals surface area (Å²) in [5.41, 5.74) is 0. The molecule has 0 radical (unpaired) electrons. The fourth-order valence-corrected chi connectivity index (χ4v) is 3.50. The van der Waals surface area contributed by atoms with Crippen LogP contribution in [0.25, 0.3) is 0 Å². The molecular weight excluding hydrogens is 240 g/mol. The van der Waals surface area contributed by atoms with E-state index in [-0.39, 0.29) is 0 Å². The van der Waals surface area contributed by atoms with E-state index in [1.54, 1.807) is 0 Å². The molecule has 3 heterocycles. The lowest BCUT2D eigenvalue weighted by molar-refractivity contribution is 0.157. The molecule has 2 unspecified atom stereocenters. The van der Waals surface area contributed by atoms with Crippen LogP contribution in [0.5, 0.6) is 0 Å². The number of piperidine rings is 1. The van der Waals surface area contributed by atoms with E-state index in [1.165, 1.54) is 25.7 Å². The zero-order chi connectivity index (χ0) is 13.2. The van der Waals surface area contributed by atoms with Crippen molar-refractivity contribution in [1.82, 2.24) is 20.4 Å². The first-order valence-corrected chi connectivity index (χ1v) is 7.53. The first-order valence-electron chi connectivity index (χ1n) is 7.53. The standard InChI is InChI=1S/C14H24N4O/c1-3-6-15-9-13-16-14(17-19-13)10-7-11-4-5-12(8-10)18(11)2/h10-12,15H,3-9H2,1-2H3. The van der Waals surface area contributed by atoms with Crippen LogP contribution in [0.2, 0.25) is 0 Å². The minimum absolute atomic E-state index is 0.498. The molecule has 0 amide bonds. The monoisotopic (exact) mass is 264 g/mol. The second kappa shape index (κ2) is 5.59. The third-order valence-corrected chi connectivity index (χ3v) is 4.65. The van der Waals surface area contributed by atoms with Crippen molar-refractivity contribution < 1.29 is 4.52 Å². The topological polar surface area (TPSA) is 54.2 Å². The highest BCUT2D eigenvalue weighted by atomic mass is 16.5. The van der Waals surface area contributed by atoms with Gasteiger partial charge in [0.2, 0.25) is 5.89 Å². The molecule has 1 aromatic heterocycles. The average molecular weight is 264 g/mol. The summed E-state index contributed by atoms with van der Waals surface area (Å²) in [7, 11) is 2.26. The van der Waals surface area contributed by atoms with Gasteiger partial charge in [0.15, 0.2) is 5.82 Å². The maximum atomic E-state index is 5.34. The number of nitrogens with zero attached hydrogens (tertiary/aromatic N) is 3. The quantitative estimate of drug-likeness (QED) is 0.823. The van der Waals surface area contributed by atoms with Crippen molar-refractivity contribution in [2.75, 3.05) is 13.6 Å². The number of hydrogen-bond acceptors (Lipinski definition) is 5. The lowest BCUT2D eigenvalue weighted by atomic mass is 9.90. The van der Waals surface area contributed by atoms with Crippen LogP contribution in [-0.2, 0) is 6.54 Å². The van der Waals surface area contributed by atoms with Crippen LogP contribution in [0.15, 0.2) is 4.52 Å². The van der Waals surface area contributed by atoms with Crippen molar-refractivity contribution in [1.29, 1.82) is 0 Å². The van der Waals surface area contributed by atoms with E-state index < -0.39 is 0 Å². The Balaban J connectivity index is 1.60. The lowest BCUT2D eigenvalue weighted by Crippen LogP contribution is -2.39. The maximum Gasteiger partial charge on any atom is 0.240 e. The molecular formula is C14H24N4O. The predicted molar refractivity (Wildman–Crippen MR) is 72.8 cm³/mol. The van der Waals surface area contributed by atoms with Gasteiger partial charge in [0.05, 0.1) is 6.54 Å². The summed E-state index contributed by atoms with van der Waals surface area (Å²) < 4.78 is 5.34. The second-order valence-corrected chi connectivity index (χ2v) is 5.94. The van der Waals surface area contributed by atoms with E-state index in [1.807, 2.05) is 0 Å². The number of fused-ring (bicyclic) bond motifs is 2. The van der Waals surface area contributed by atoms with Crippen LogP contribution >= 0.6 is 0 Å². The van der Waals surface area contributed by atoms with E-state index in [0.717, 1.165) is 36.8 Å². The second-order valence-electron chi connectivity index (χ2n) is 5.94. The van der Waals surface area contributed by atoms with Crippen molar-refractivity contribution in [2.45, 2.75) is 63.6 Å². The van der Waals surface area contributed by atoms with Crippen LogP contribution in [0.1, 0.15) is 56.7 Å². The zero-order valence-electron chi connectivity index (χ0n) is 11.9. The van der Waals surface area contributed by atoms with Crippen LogP contribution in [0.4, 0.5) is 0 Å². The molecule has 1 N–H and O–H groups in total. The van der Waals surface area contributed by atoms with Gasteiger partial charge in [0.25, 0.3) is 0 Å². The molecule has 5 nitrogen and oxygen atoms in total. The molecule has 106 valence electrons. The van der Waals surface area contributed by atoms with Crippen LogP contribution in [0.3, 0.4) is 0 Å². The van der Waals surface area contributed by atoms with Gasteiger partial charge in [-0.2, -0.15) is 4.98 Å². The first kappa shape index (κ1) is 13.1. The molecule has 0 aromatic carbocycles. The fraction of sp³-hybridized carbons (Fsp3) is 0.857. The van der Waals surface area contributed by atoms with E-state index in [4.69, 9.17) is 4.52 Å². The van der Waals surface area contributed by atoms with E-state index >= 15 is 0 Å². The zero-order valence-corrected chi connectivity index (χ0v) is 11.9. The molecule has 3 rings (SSSR count). The molecule has 2 aliphatic rings. The van der Waals surface area contributed by atoms with Gasteiger partial charge < -0.3 is 14.7 Å². The van der Waals surface area contributed by atoms with Gasteiger partial charge >= 0.3 is 0 Å². The summed E-state index contributed by atoms with van der Waals surface area (Å²) >= 11 is 0. The Hall–Kier alpha value is -0.940. The highest BCUT2D eigenvalue weighted by molar-refractivity contribution is 5.05. The van der Waals surface area contributed by atoms with Crippen molar-refractivity contribution in [3.05, 3.63) is 11.7 Å². The van der Waals surface area contributed by atoms with Gasteiger partial charge in [-0.15, -0.1) is 0 Å².